The van der Waals surface area contributed by atoms with Crippen molar-refractivity contribution in [2.75, 3.05) is 18.4 Å². The van der Waals surface area contributed by atoms with E-state index in [-0.39, 0.29) is 17.2 Å². The third-order valence-corrected chi connectivity index (χ3v) is 8.95. The Morgan fingerprint density at radius 3 is 2.55 bits per heavy atom. The topological polar surface area (TPSA) is 108 Å². The van der Waals surface area contributed by atoms with Gasteiger partial charge in [0.2, 0.25) is 15.9 Å². The third kappa shape index (κ3) is 4.81. The average Bonchev–Trinajstić information content (AvgIpc) is 3.27. The third-order valence-electron chi connectivity index (χ3n) is 5.78. The van der Waals surface area contributed by atoms with E-state index < -0.39 is 10.0 Å². The molecule has 1 amide bonds. The average molecular weight is 488 g/mol. The van der Waals surface area contributed by atoms with E-state index in [2.05, 4.69) is 16.4 Å². The van der Waals surface area contributed by atoms with E-state index in [1.165, 1.54) is 15.6 Å². The maximum atomic E-state index is 12.9. The van der Waals surface area contributed by atoms with Gasteiger partial charge in [0.1, 0.15) is 16.9 Å². The number of nitrogens with one attached hydrogen (secondary N) is 1. The summed E-state index contributed by atoms with van der Waals surface area (Å²) >= 11 is 1.40. The predicted octanol–water partition coefficient (Wildman–Crippen LogP) is 4.21. The molecule has 3 rings (SSSR count). The quantitative estimate of drug-likeness (QED) is 0.486. The molecule has 8 nitrogen and oxygen atoms in total. The number of imidazole rings is 1. The monoisotopic (exact) mass is 487 g/mol. The molecule has 33 heavy (non-hydrogen) atoms. The molecule has 0 saturated heterocycles. The SMILES string of the molecule is CCN(CC)S(=O)(=O)c1ccc2c(c1)nc(CCC(=O)Nc1sc(C)c(C)c1C#N)n2CC. The first-order valence-electron chi connectivity index (χ1n) is 11.0. The van der Waals surface area contributed by atoms with Crippen LogP contribution in [0.4, 0.5) is 5.00 Å². The number of thiophene rings is 1. The Labute approximate surface area is 198 Å². The van der Waals surface area contributed by atoms with Gasteiger partial charge in [-0.2, -0.15) is 9.57 Å². The fraction of sp³-hybridized carbons (Fsp3) is 0.435. The number of hydrogen-bond donors (Lipinski definition) is 1. The Kier molecular flexibility index (Phi) is 7.57. The molecule has 0 fully saturated rings. The van der Waals surface area contributed by atoms with Crippen molar-refractivity contribution in [1.29, 1.82) is 5.26 Å². The van der Waals surface area contributed by atoms with Crippen LogP contribution in [-0.4, -0.2) is 41.3 Å². The van der Waals surface area contributed by atoms with Crippen LogP contribution in [0.5, 0.6) is 0 Å². The summed E-state index contributed by atoms with van der Waals surface area (Å²) < 4.78 is 29.2. The summed E-state index contributed by atoms with van der Waals surface area (Å²) in [6.45, 7) is 10.9. The number of aryl methyl sites for hydroxylation is 3. The van der Waals surface area contributed by atoms with Crippen molar-refractivity contribution in [3.8, 4) is 6.07 Å². The van der Waals surface area contributed by atoms with Crippen LogP contribution in [-0.2, 0) is 27.8 Å². The van der Waals surface area contributed by atoms with Gasteiger partial charge in [0.05, 0.1) is 21.5 Å². The maximum absolute atomic E-state index is 12.9. The van der Waals surface area contributed by atoms with E-state index in [0.29, 0.717) is 42.1 Å². The lowest BCUT2D eigenvalue weighted by Gasteiger charge is -2.18. The van der Waals surface area contributed by atoms with Gasteiger partial charge < -0.3 is 9.88 Å². The first-order valence-corrected chi connectivity index (χ1v) is 13.2. The number of fused-ring (bicyclic) bond motifs is 1. The second-order valence-corrected chi connectivity index (χ2v) is 10.8. The van der Waals surface area contributed by atoms with Gasteiger partial charge in [-0.25, -0.2) is 13.4 Å². The smallest absolute Gasteiger partial charge is 0.243 e. The summed E-state index contributed by atoms with van der Waals surface area (Å²) in [4.78, 5) is 18.5. The van der Waals surface area contributed by atoms with Crippen molar-refractivity contribution in [1.82, 2.24) is 13.9 Å². The van der Waals surface area contributed by atoms with Crippen molar-refractivity contribution < 1.29 is 13.2 Å². The second kappa shape index (κ2) is 10.0. The first kappa shape index (κ1) is 24.9. The van der Waals surface area contributed by atoms with Gasteiger partial charge >= 0.3 is 0 Å². The Morgan fingerprint density at radius 1 is 1.24 bits per heavy atom. The van der Waals surface area contributed by atoms with Crippen LogP contribution in [0.25, 0.3) is 11.0 Å². The Morgan fingerprint density at radius 2 is 1.94 bits per heavy atom. The number of carbonyl (C=O) groups is 1. The molecule has 0 spiro atoms. The first-order chi connectivity index (χ1) is 15.7. The van der Waals surface area contributed by atoms with Crippen molar-refractivity contribution in [2.45, 2.75) is 58.9 Å². The number of hydrogen-bond acceptors (Lipinski definition) is 6. The van der Waals surface area contributed by atoms with Crippen LogP contribution in [0.2, 0.25) is 0 Å². The highest BCUT2D eigenvalue weighted by molar-refractivity contribution is 7.89. The van der Waals surface area contributed by atoms with Crippen molar-refractivity contribution in [3.63, 3.8) is 0 Å². The molecule has 0 aliphatic rings. The molecule has 2 aromatic heterocycles. The molecular weight excluding hydrogens is 458 g/mol. The lowest BCUT2D eigenvalue weighted by atomic mass is 10.2. The zero-order valence-electron chi connectivity index (χ0n) is 19.6. The molecule has 2 heterocycles. The fourth-order valence-corrected chi connectivity index (χ4v) is 6.35. The van der Waals surface area contributed by atoms with Crippen LogP contribution in [0.1, 0.15) is 49.0 Å². The zero-order valence-corrected chi connectivity index (χ0v) is 21.2. The van der Waals surface area contributed by atoms with Gasteiger partial charge in [-0.05, 0) is 44.5 Å². The minimum atomic E-state index is -3.58. The molecule has 10 heteroatoms. The van der Waals surface area contributed by atoms with E-state index in [4.69, 9.17) is 0 Å². The molecule has 176 valence electrons. The molecule has 0 bridgehead atoms. The summed E-state index contributed by atoms with van der Waals surface area (Å²) in [6.07, 6.45) is 0.604. The fourth-order valence-electron chi connectivity index (χ4n) is 3.84. The highest BCUT2D eigenvalue weighted by Crippen LogP contribution is 2.32. The molecule has 0 aliphatic carbocycles. The Balaban J connectivity index is 1.83. The van der Waals surface area contributed by atoms with Gasteiger partial charge in [-0.3, -0.25) is 4.79 Å². The minimum absolute atomic E-state index is 0.188. The standard InChI is InChI=1S/C23H29N5O3S2/c1-6-27(7-2)33(30,31)17-9-10-20-19(13-17)25-21(28(20)8-3)11-12-22(29)26-23-18(14-24)15(4)16(5)32-23/h9-10,13H,6-8,11-12H2,1-5H3,(H,26,29). The van der Waals surface area contributed by atoms with E-state index in [9.17, 15) is 18.5 Å². The van der Waals surface area contributed by atoms with Crippen LogP contribution in [0.3, 0.4) is 0 Å². The molecule has 1 N–H and O–H groups in total. The molecule has 0 unspecified atom stereocenters. The predicted molar refractivity (Wildman–Crippen MR) is 131 cm³/mol. The van der Waals surface area contributed by atoms with Crippen molar-refractivity contribution in [3.05, 3.63) is 40.0 Å². The van der Waals surface area contributed by atoms with Crippen molar-refractivity contribution in [2.24, 2.45) is 0 Å². The molecule has 0 saturated carbocycles. The number of aromatic nitrogens is 2. The van der Waals surface area contributed by atoms with Gasteiger partial charge in [0.15, 0.2) is 0 Å². The number of carbonyl (C=O) groups excluding carboxylic acids is 1. The number of anilines is 1. The van der Waals surface area contributed by atoms with Crippen LogP contribution >= 0.6 is 11.3 Å². The summed E-state index contributed by atoms with van der Waals surface area (Å²) in [6, 6.07) is 7.16. The highest BCUT2D eigenvalue weighted by atomic mass is 32.2. The van der Waals surface area contributed by atoms with Crippen LogP contribution in [0.15, 0.2) is 23.1 Å². The number of rotatable bonds is 9. The number of amides is 1. The Hall–Kier alpha value is -2.74. The van der Waals surface area contributed by atoms with Gasteiger partial charge in [-0.1, -0.05) is 13.8 Å². The van der Waals surface area contributed by atoms with E-state index >= 15 is 0 Å². The Bertz CT molecular complexity index is 1330. The van der Waals surface area contributed by atoms with E-state index in [1.54, 1.807) is 18.2 Å². The maximum Gasteiger partial charge on any atom is 0.243 e. The number of sulfonamides is 1. The number of nitrogens with zero attached hydrogens (tertiary/aromatic N) is 4. The largest absolute Gasteiger partial charge is 0.328 e. The summed E-state index contributed by atoms with van der Waals surface area (Å²) in [7, 11) is -3.58. The van der Waals surface area contributed by atoms with Crippen LogP contribution < -0.4 is 5.32 Å². The summed E-state index contributed by atoms with van der Waals surface area (Å²) in [5.74, 6) is 0.534. The zero-order chi connectivity index (χ0) is 24.3. The molecule has 0 atom stereocenters. The molecule has 0 radical (unpaired) electrons. The van der Waals surface area contributed by atoms with Gasteiger partial charge in [-0.15, -0.1) is 11.3 Å². The lowest BCUT2D eigenvalue weighted by Crippen LogP contribution is -2.30. The second-order valence-electron chi connectivity index (χ2n) is 7.66. The molecular formula is C23H29N5O3S2. The molecule has 1 aromatic carbocycles. The normalized spacial score (nSPS) is 11.8. The van der Waals surface area contributed by atoms with E-state index in [1.807, 2.05) is 39.2 Å². The lowest BCUT2D eigenvalue weighted by molar-refractivity contribution is -0.116. The highest BCUT2D eigenvalue weighted by Gasteiger charge is 2.23. The van der Waals surface area contributed by atoms with Gasteiger partial charge in [0, 0.05) is 37.4 Å². The molecule has 3 aromatic rings. The van der Waals surface area contributed by atoms with E-state index in [0.717, 1.165) is 21.8 Å². The minimum Gasteiger partial charge on any atom is -0.328 e. The van der Waals surface area contributed by atoms with Crippen LogP contribution in [0, 0.1) is 25.2 Å². The number of nitriles is 1. The molecule has 0 aliphatic heterocycles. The van der Waals surface area contributed by atoms with Gasteiger partial charge in [0.25, 0.3) is 0 Å². The summed E-state index contributed by atoms with van der Waals surface area (Å²) in [5, 5.41) is 12.8. The van der Waals surface area contributed by atoms with Crippen molar-refractivity contribution >= 4 is 43.3 Å². The summed E-state index contributed by atoms with van der Waals surface area (Å²) in [5.41, 5.74) is 2.83. The number of benzene rings is 1.